The molecule has 26 heavy (non-hydrogen) atoms. The van der Waals surface area contributed by atoms with Crippen molar-refractivity contribution in [1.82, 2.24) is 10.6 Å². The zero-order chi connectivity index (χ0) is 18.3. The van der Waals surface area contributed by atoms with Crippen LogP contribution >= 0.6 is 35.3 Å². The first kappa shape index (κ1) is 22.7. The summed E-state index contributed by atoms with van der Waals surface area (Å²) in [6.45, 7) is 3.84. The number of sulfone groups is 1. The lowest BCUT2D eigenvalue weighted by Crippen LogP contribution is -2.38. The molecule has 0 atom stereocenters. The van der Waals surface area contributed by atoms with Crippen LogP contribution in [0.25, 0.3) is 0 Å². The van der Waals surface area contributed by atoms with Gasteiger partial charge in [-0.25, -0.2) is 8.42 Å². The molecule has 1 aromatic carbocycles. The molecule has 0 saturated carbocycles. The molecule has 0 aliphatic heterocycles. The molecule has 0 spiro atoms. The van der Waals surface area contributed by atoms with Crippen LogP contribution in [0.2, 0.25) is 0 Å². The van der Waals surface area contributed by atoms with Gasteiger partial charge in [0.1, 0.15) is 12.4 Å². The highest BCUT2D eigenvalue weighted by Crippen LogP contribution is 2.16. The molecule has 0 saturated heterocycles. The lowest BCUT2D eigenvalue weighted by Gasteiger charge is -2.12. The number of guanidine groups is 1. The van der Waals surface area contributed by atoms with E-state index in [0.717, 1.165) is 6.54 Å². The highest BCUT2D eigenvalue weighted by atomic mass is 127. The van der Waals surface area contributed by atoms with Crippen LogP contribution in [-0.4, -0.2) is 40.8 Å². The number of nitrogens with zero attached hydrogens (tertiary/aromatic N) is 1. The van der Waals surface area contributed by atoms with Crippen LogP contribution in [-0.2, 0) is 16.4 Å². The van der Waals surface area contributed by atoms with Crippen molar-refractivity contribution in [2.24, 2.45) is 4.99 Å². The van der Waals surface area contributed by atoms with E-state index in [9.17, 15) is 8.42 Å². The minimum atomic E-state index is -3.18. The monoisotopic (exact) mass is 509 g/mol. The maximum atomic E-state index is 11.4. The Kier molecular flexibility index (Phi) is 9.37. The first-order chi connectivity index (χ1) is 11.9. The standard InChI is InChI=1S/C17H23N3O3S2.HI/c1-13-8-11-24-16(13)12-20-17(18-2)19-9-10-23-14-4-6-15(7-5-14)25(3,21)22;/h4-8,11H,9-10,12H2,1-3H3,(H2,18,19,20);1H. The van der Waals surface area contributed by atoms with Gasteiger partial charge in [0, 0.05) is 18.2 Å². The predicted molar refractivity (Wildman–Crippen MR) is 118 cm³/mol. The molecule has 2 N–H and O–H groups in total. The van der Waals surface area contributed by atoms with E-state index in [1.54, 1.807) is 42.6 Å². The predicted octanol–water partition coefficient (Wildman–Crippen LogP) is 2.82. The highest BCUT2D eigenvalue weighted by molar-refractivity contribution is 14.0. The van der Waals surface area contributed by atoms with Gasteiger partial charge in [-0.2, -0.15) is 0 Å². The molecular weight excluding hydrogens is 485 g/mol. The average Bonchev–Trinajstić information content (AvgIpc) is 2.99. The number of nitrogens with one attached hydrogen (secondary N) is 2. The highest BCUT2D eigenvalue weighted by Gasteiger charge is 2.06. The molecule has 0 fully saturated rings. The third-order valence-corrected chi connectivity index (χ3v) is 5.67. The van der Waals surface area contributed by atoms with Crippen molar-refractivity contribution >= 4 is 51.1 Å². The fraction of sp³-hybridized carbons (Fsp3) is 0.353. The molecule has 0 unspecified atom stereocenters. The summed E-state index contributed by atoms with van der Waals surface area (Å²) in [7, 11) is -1.45. The normalized spacial score (nSPS) is 11.6. The van der Waals surface area contributed by atoms with E-state index in [1.165, 1.54) is 16.7 Å². The first-order valence-electron chi connectivity index (χ1n) is 7.80. The van der Waals surface area contributed by atoms with Gasteiger partial charge in [0.25, 0.3) is 0 Å². The second kappa shape index (κ2) is 10.7. The lowest BCUT2D eigenvalue weighted by molar-refractivity contribution is 0.321. The van der Waals surface area contributed by atoms with Crippen LogP contribution in [0.4, 0.5) is 0 Å². The van der Waals surface area contributed by atoms with Gasteiger partial charge in [-0.05, 0) is 48.2 Å². The van der Waals surface area contributed by atoms with Crippen LogP contribution in [0.5, 0.6) is 5.75 Å². The largest absolute Gasteiger partial charge is 0.492 e. The first-order valence-corrected chi connectivity index (χ1v) is 10.6. The van der Waals surface area contributed by atoms with E-state index < -0.39 is 9.84 Å². The van der Waals surface area contributed by atoms with Gasteiger partial charge >= 0.3 is 0 Å². The molecule has 0 amide bonds. The molecule has 0 aliphatic rings. The molecular formula is C17H24IN3O3S2. The fourth-order valence-electron chi connectivity index (χ4n) is 2.09. The number of benzene rings is 1. The number of ether oxygens (including phenoxy) is 1. The Morgan fingerprint density at radius 2 is 1.88 bits per heavy atom. The smallest absolute Gasteiger partial charge is 0.191 e. The molecule has 1 heterocycles. The van der Waals surface area contributed by atoms with Gasteiger partial charge in [-0.3, -0.25) is 4.99 Å². The Bertz CT molecular complexity index is 818. The number of rotatable bonds is 7. The van der Waals surface area contributed by atoms with Crippen LogP contribution in [0.3, 0.4) is 0 Å². The van der Waals surface area contributed by atoms with E-state index in [-0.39, 0.29) is 28.9 Å². The molecule has 0 bridgehead atoms. The number of halogens is 1. The number of thiophene rings is 1. The van der Waals surface area contributed by atoms with Crippen LogP contribution in [0, 0.1) is 6.92 Å². The summed E-state index contributed by atoms with van der Waals surface area (Å²) >= 11 is 1.72. The van der Waals surface area contributed by atoms with Crippen molar-refractivity contribution in [1.29, 1.82) is 0 Å². The maximum Gasteiger partial charge on any atom is 0.191 e. The quantitative estimate of drug-likeness (QED) is 0.260. The maximum absolute atomic E-state index is 11.4. The third-order valence-electron chi connectivity index (χ3n) is 3.52. The number of aliphatic imine (C=N–C) groups is 1. The Hall–Kier alpha value is -1.33. The van der Waals surface area contributed by atoms with Gasteiger partial charge in [0.15, 0.2) is 15.8 Å². The van der Waals surface area contributed by atoms with Crippen molar-refractivity contribution in [2.75, 3.05) is 26.5 Å². The number of hydrogen-bond acceptors (Lipinski definition) is 5. The van der Waals surface area contributed by atoms with E-state index in [1.807, 2.05) is 0 Å². The molecule has 2 rings (SSSR count). The van der Waals surface area contributed by atoms with Crippen LogP contribution in [0.15, 0.2) is 45.6 Å². The van der Waals surface area contributed by atoms with Crippen LogP contribution in [0.1, 0.15) is 10.4 Å². The zero-order valence-corrected chi connectivity index (χ0v) is 18.9. The molecule has 144 valence electrons. The molecule has 9 heteroatoms. The van der Waals surface area contributed by atoms with Crippen molar-refractivity contribution < 1.29 is 13.2 Å². The Labute approximate surface area is 176 Å². The van der Waals surface area contributed by atoms with Gasteiger partial charge in [0.2, 0.25) is 0 Å². The Balaban J connectivity index is 0.00000338. The van der Waals surface area contributed by atoms with E-state index in [4.69, 9.17) is 4.74 Å². The molecule has 0 aliphatic carbocycles. The third kappa shape index (κ3) is 7.12. The van der Waals surface area contributed by atoms with E-state index >= 15 is 0 Å². The van der Waals surface area contributed by atoms with E-state index in [2.05, 4.69) is 34.0 Å². The summed E-state index contributed by atoms with van der Waals surface area (Å²) in [5.41, 5.74) is 1.27. The minimum Gasteiger partial charge on any atom is -0.492 e. The Morgan fingerprint density at radius 1 is 1.19 bits per heavy atom. The second-order valence-electron chi connectivity index (χ2n) is 5.47. The summed E-state index contributed by atoms with van der Waals surface area (Å²) in [6.07, 6.45) is 1.18. The second-order valence-corrected chi connectivity index (χ2v) is 8.49. The molecule has 2 aromatic rings. The van der Waals surface area contributed by atoms with Crippen molar-refractivity contribution in [3.8, 4) is 5.75 Å². The van der Waals surface area contributed by atoms with Crippen molar-refractivity contribution in [2.45, 2.75) is 18.4 Å². The summed E-state index contributed by atoms with van der Waals surface area (Å²) in [5.74, 6) is 1.34. The summed E-state index contributed by atoms with van der Waals surface area (Å²) < 4.78 is 28.4. The van der Waals surface area contributed by atoms with Crippen LogP contribution < -0.4 is 15.4 Å². The minimum absolute atomic E-state index is 0. The number of hydrogen-bond donors (Lipinski definition) is 2. The summed E-state index contributed by atoms with van der Waals surface area (Å²) in [4.78, 5) is 5.74. The summed E-state index contributed by atoms with van der Waals surface area (Å²) in [5, 5.41) is 8.52. The number of aryl methyl sites for hydroxylation is 1. The molecule has 6 nitrogen and oxygen atoms in total. The summed E-state index contributed by atoms with van der Waals surface area (Å²) in [6, 6.07) is 8.50. The van der Waals surface area contributed by atoms with Gasteiger partial charge < -0.3 is 15.4 Å². The van der Waals surface area contributed by atoms with Gasteiger partial charge in [-0.15, -0.1) is 35.3 Å². The van der Waals surface area contributed by atoms with E-state index in [0.29, 0.717) is 24.9 Å². The molecule has 0 radical (unpaired) electrons. The average molecular weight is 509 g/mol. The molecule has 1 aromatic heterocycles. The van der Waals surface area contributed by atoms with Crippen molar-refractivity contribution in [3.63, 3.8) is 0 Å². The lowest BCUT2D eigenvalue weighted by atomic mass is 10.3. The van der Waals surface area contributed by atoms with Gasteiger partial charge in [0.05, 0.1) is 18.0 Å². The zero-order valence-electron chi connectivity index (χ0n) is 15.0. The van der Waals surface area contributed by atoms with Gasteiger partial charge in [-0.1, -0.05) is 0 Å². The fourth-order valence-corrected chi connectivity index (χ4v) is 3.57. The van der Waals surface area contributed by atoms with Crippen molar-refractivity contribution in [3.05, 3.63) is 46.2 Å². The SMILES string of the molecule is CN=C(NCCOc1ccc(S(C)(=O)=O)cc1)NCc1sccc1C.I. The Morgan fingerprint density at radius 3 is 2.42 bits per heavy atom. The topological polar surface area (TPSA) is 79.8 Å².